The largest absolute Gasteiger partial charge is 0.493 e. The van der Waals surface area contributed by atoms with Crippen LogP contribution in [0, 0.1) is 10.1 Å². The van der Waals surface area contributed by atoms with Gasteiger partial charge in [0.2, 0.25) is 5.91 Å². The van der Waals surface area contributed by atoms with Crippen molar-refractivity contribution in [1.82, 2.24) is 0 Å². The van der Waals surface area contributed by atoms with Gasteiger partial charge < -0.3 is 14.8 Å². The van der Waals surface area contributed by atoms with Gasteiger partial charge in [-0.3, -0.25) is 14.9 Å². The summed E-state index contributed by atoms with van der Waals surface area (Å²) in [7, 11) is 1.54. The second kappa shape index (κ2) is 9.22. The molecular formula is C19H20N2O5. The Morgan fingerprint density at radius 3 is 2.69 bits per heavy atom. The molecule has 0 saturated heterocycles. The molecule has 0 aliphatic carbocycles. The van der Waals surface area contributed by atoms with Crippen LogP contribution in [0.5, 0.6) is 11.5 Å². The number of anilines is 1. The number of amides is 1. The summed E-state index contributed by atoms with van der Waals surface area (Å²) in [5.41, 5.74) is 0.727. The van der Waals surface area contributed by atoms with Gasteiger partial charge in [0, 0.05) is 12.1 Å². The van der Waals surface area contributed by atoms with E-state index in [0.29, 0.717) is 18.1 Å². The van der Waals surface area contributed by atoms with Gasteiger partial charge in [-0.1, -0.05) is 25.1 Å². The second-order valence-electron chi connectivity index (χ2n) is 5.36. The number of hydrogen-bond acceptors (Lipinski definition) is 5. The van der Waals surface area contributed by atoms with Crippen LogP contribution in [0.1, 0.15) is 18.9 Å². The standard InChI is InChI=1S/C19H20N2O5/c1-3-12-26-17-10-8-14(13-18(17)25-2)9-11-19(22)20-15-6-4-5-7-16(15)21(23)24/h4-11,13H,3,12H2,1-2H3,(H,20,22)/b11-9+. The third-order valence-electron chi connectivity index (χ3n) is 3.44. The van der Waals surface area contributed by atoms with Crippen molar-refractivity contribution in [3.05, 3.63) is 64.2 Å². The van der Waals surface area contributed by atoms with E-state index in [-0.39, 0.29) is 11.4 Å². The third kappa shape index (κ3) is 5.07. The fraction of sp³-hybridized carbons (Fsp3) is 0.211. The molecule has 0 spiro atoms. The summed E-state index contributed by atoms with van der Waals surface area (Å²) < 4.78 is 10.9. The van der Waals surface area contributed by atoms with Crippen LogP contribution in [0.25, 0.3) is 6.08 Å². The van der Waals surface area contributed by atoms with E-state index in [2.05, 4.69) is 5.32 Å². The lowest BCUT2D eigenvalue weighted by Gasteiger charge is -2.10. The van der Waals surface area contributed by atoms with Crippen LogP contribution < -0.4 is 14.8 Å². The summed E-state index contributed by atoms with van der Waals surface area (Å²) >= 11 is 0. The lowest BCUT2D eigenvalue weighted by molar-refractivity contribution is -0.383. The van der Waals surface area contributed by atoms with E-state index >= 15 is 0 Å². The monoisotopic (exact) mass is 356 g/mol. The molecule has 0 aliphatic rings. The van der Waals surface area contributed by atoms with E-state index in [1.807, 2.05) is 6.92 Å². The Hall–Kier alpha value is -3.35. The van der Waals surface area contributed by atoms with Crippen molar-refractivity contribution in [3.8, 4) is 11.5 Å². The smallest absolute Gasteiger partial charge is 0.292 e. The number of benzene rings is 2. The van der Waals surface area contributed by atoms with Crippen molar-refractivity contribution in [1.29, 1.82) is 0 Å². The van der Waals surface area contributed by atoms with Gasteiger partial charge >= 0.3 is 0 Å². The first-order valence-electron chi connectivity index (χ1n) is 8.08. The predicted octanol–water partition coefficient (Wildman–Crippen LogP) is 4.04. The Morgan fingerprint density at radius 1 is 1.23 bits per heavy atom. The minimum atomic E-state index is -0.542. The summed E-state index contributed by atoms with van der Waals surface area (Å²) in [6.07, 6.45) is 3.78. The Bertz CT molecular complexity index is 817. The Morgan fingerprint density at radius 2 is 2.00 bits per heavy atom. The molecular weight excluding hydrogens is 336 g/mol. The molecule has 1 N–H and O–H groups in total. The molecule has 0 heterocycles. The van der Waals surface area contributed by atoms with Gasteiger partial charge in [0.05, 0.1) is 18.6 Å². The van der Waals surface area contributed by atoms with Crippen LogP contribution in [0.3, 0.4) is 0 Å². The summed E-state index contributed by atoms with van der Waals surface area (Å²) in [4.78, 5) is 22.5. The summed E-state index contributed by atoms with van der Waals surface area (Å²) in [5.74, 6) is 0.736. The maximum absolute atomic E-state index is 12.0. The van der Waals surface area contributed by atoms with Crippen LogP contribution >= 0.6 is 0 Å². The zero-order valence-electron chi connectivity index (χ0n) is 14.6. The fourth-order valence-corrected chi connectivity index (χ4v) is 2.20. The maximum atomic E-state index is 12.0. The van der Waals surface area contributed by atoms with Crippen molar-refractivity contribution in [2.75, 3.05) is 19.0 Å². The maximum Gasteiger partial charge on any atom is 0.292 e. The first kappa shape index (κ1) is 19.0. The molecule has 0 saturated carbocycles. The number of nitro benzene ring substituents is 1. The molecule has 2 rings (SSSR count). The summed E-state index contributed by atoms with van der Waals surface area (Å²) in [6, 6.07) is 11.3. The average molecular weight is 356 g/mol. The SMILES string of the molecule is CCCOc1ccc(/C=C/C(=O)Nc2ccccc2[N+](=O)[O-])cc1OC. The van der Waals surface area contributed by atoms with Crippen molar-refractivity contribution < 1.29 is 19.2 Å². The Labute approximate surface area is 151 Å². The minimum Gasteiger partial charge on any atom is -0.493 e. The zero-order chi connectivity index (χ0) is 18.9. The van der Waals surface area contributed by atoms with E-state index in [9.17, 15) is 14.9 Å². The fourth-order valence-electron chi connectivity index (χ4n) is 2.20. The predicted molar refractivity (Wildman–Crippen MR) is 99.5 cm³/mol. The number of rotatable bonds is 8. The van der Waals surface area contributed by atoms with Gasteiger partial charge in [0.1, 0.15) is 5.69 Å². The Balaban J connectivity index is 2.09. The van der Waals surface area contributed by atoms with Crippen LogP contribution in [0.2, 0.25) is 0 Å². The normalized spacial score (nSPS) is 10.5. The third-order valence-corrected chi connectivity index (χ3v) is 3.44. The van der Waals surface area contributed by atoms with Crippen molar-refractivity contribution in [2.24, 2.45) is 0 Å². The van der Waals surface area contributed by atoms with Gasteiger partial charge in [0.15, 0.2) is 11.5 Å². The molecule has 0 unspecified atom stereocenters. The molecule has 2 aromatic carbocycles. The molecule has 7 heteroatoms. The number of nitrogens with one attached hydrogen (secondary N) is 1. The second-order valence-corrected chi connectivity index (χ2v) is 5.36. The van der Waals surface area contributed by atoms with Gasteiger partial charge in [-0.15, -0.1) is 0 Å². The molecule has 26 heavy (non-hydrogen) atoms. The van der Waals surface area contributed by atoms with Gasteiger partial charge in [-0.2, -0.15) is 0 Å². The highest BCUT2D eigenvalue weighted by atomic mass is 16.6. The van der Waals surface area contributed by atoms with Crippen molar-refractivity contribution in [2.45, 2.75) is 13.3 Å². The molecule has 0 atom stereocenters. The summed E-state index contributed by atoms with van der Waals surface area (Å²) in [5, 5.41) is 13.5. The number of para-hydroxylation sites is 2. The van der Waals surface area contributed by atoms with E-state index in [1.54, 1.807) is 37.5 Å². The van der Waals surface area contributed by atoms with E-state index in [4.69, 9.17) is 9.47 Å². The molecule has 0 aromatic heterocycles. The Kier molecular flexibility index (Phi) is 6.73. The van der Waals surface area contributed by atoms with Crippen LogP contribution in [-0.2, 0) is 4.79 Å². The van der Waals surface area contributed by atoms with Crippen LogP contribution in [0.15, 0.2) is 48.5 Å². The average Bonchev–Trinajstić information content (AvgIpc) is 2.65. The molecule has 1 amide bonds. The van der Waals surface area contributed by atoms with E-state index < -0.39 is 10.8 Å². The topological polar surface area (TPSA) is 90.7 Å². The van der Waals surface area contributed by atoms with E-state index in [0.717, 1.165) is 12.0 Å². The number of nitro groups is 1. The first-order valence-corrected chi connectivity index (χ1v) is 8.08. The highest BCUT2D eigenvalue weighted by Crippen LogP contribution is 2.29. The number of methoxy groups -OCH3 is 1. The lowest BCUT2D eigenvalue weighted by atomic mass is 10.2. The van der Waals surface area contributed by atoms with Crippen molar-refractivity contribution in [3.63, 3.8) is 0 Å². The highest BCUT2D eigenvalue weighted by molar-refractivity contribution is 6.03. The molecule has 0 fully saturated rings. The number of ether oxygens (including phenoxy) is 2. The molecule has 2 aromatic rings. The zero-order valence-corrected chi connectivity index (χ0v) is 14.6. The number of carbonyl (C=O) groups is 1. The van der Waals surface area contributed by atoms with Crippen LogP contribution in [-0.4, -0.2) is 24.5 Å². The molecule has 136 valence electrons. The van der Waals surface area contributed by atoms with Gasteiger partial charge in [-0.25, -0.2) is 0 Å². The molecule has 0 radical (unpaired) electrons. The molecule has 0 bridgehead atoms. The number of hydrogen-bond donors (Lipinski definition) is 1. The number of carbonyl (C=O) groups excluding carboxylic acids is 1. The number of nitrogens with zero attached hydrogens (tertiary/aromatic N) is 1. The minimum absolute atomic E-state index is 0.146. The van der Waals surface area contributed by atoms with E-state index in [1.165, 1.54) is 24.3 Å². The first-order chi connectivity index (χ1) is 12.5. The molecule has 7 nitrogen and oxygen atoms in total. The van der Waals surface area contributed by atoms with Crippen molar-refractivity contribution >= 4 is 23.4 Å². The summed E-state index contributed by atoms with van der Waals surface area (Å²) in [6.45, 7) is 2.60. The quantitative estimate of drug-likeness (QED) is 0.438. The highest BCUT2D eigenvalue weighted by Gasteiger charge is 2.13. The lowest BCUT2D eigenvalue weighted by Crippen LogP contribution is -2.09. The van der Waals surface area contributed by atoms with Gasteiger partial charge in [-0.05, 0) is 36.3 Å². The molecule has 0 aliphatic heterocycles. The van der Waals surface area contributed by atoms with Gasteiger partial charge in [0.25, 0.3) is 5.69 Å². The van der Waals surface area contributed by atoms with Crippen LogP contribution in [0.4, 0.5) is 11.4 Å².